The molecule has 0 fully saturated rings. The standard InChI is InChI=1S/C24H26ClN3O5/c1-15-11-18(12-16(2)24(15)25)33-14-22(29)26-9-10-28-23(30)8-6-20(27-28)19-13-17(31-3)5-7-21(19)32-4/h5-8,11-13H,9-10,14H2,1-4H3,(H,26,29). The summed E-state index contributed by atoms with van der Waals surface area (Å²) < 4.78 is 17.5. The van der Waals surface area contributed by atoms with Gasteiger partial charge in [-0.2, -0.15) is 5.10 Å². The fourth-order valence-electron chi connectivity index (χ4n) is 3.26. The van der Waals surface area contributed by atoms with Gasteiger partial charge in [-0.1, -0.05) is 11.6 Å². The van der Waals surface area contributed by atoms with Crippen LogP contribution in [-0.2, 0) is 11.3 Å². The van der Waals surface area contributed by atoms with Gasteiger partial charge in [-0.05, 0) is 61.4 Å². The number of halogens is 1. The molecule has 0 spiro atoms. The van der Waals surface area contributed by atoms with Crippen molar-refractivity contribution in [2.75, 3.05) is 27.4 Å². The summed E-state index contributed by atoms with van der Waals surface area (Å²) in [6.07, 6.45) is 0. The molecule has 0 saturated carbocycles. The van der Waals surface area contributed by atoms with Gasteiger partial charge in [-0.15, -0.1) is 0 Å². The van der Waals surface area contributed by atoms with Crippen molar-refractivity contribution in [1.29, 1.82) is 0 Å². The number of ether oxygens (including phenoxy) is 3. The van der Waals surface area contributed by atoms with Crippen LogP contribution in [0.3, 0.4) is 0 Å². The first-order chi connectivity index (χ1) is 15.8. The highest BCUT2D eigenvalue weighted by Crippen LogP contribution is 2.31. The maximum atomic E-state index is 12.3. The van der Waals surface area contributed by atoms with Crippen molar-refractivity contribution in [3.8, 4) is 28.5 Å². The molecule has 0 aliphatic rings. The fraction of sp³-hybridized carbons (Fsp3) is 0.292. The molecule has 0 radical (unpaired) electrons. The van der Waals surface area contributed by atoms with E-state index in [1.165, 1.54) is 10.7 Å². The van der Waals surface area contributed by atoms with Gasteiger partial charge in [0.25, 0.3) is 11.5 Å². The molecule has 0 aliphatic carbocycles. The van der Waals surface area contributed by atoms with Gasteiger partial charge < -0.3 is 19.5 Å². The molecule has 3 rings (SSSR count). The summed E-state index contributed by atoms with van der Waals surface area (Å²) in [5.74, 6) is 1.51. The van der Waals surface area contributed by atoms with Gasteiger partial charge in [-0.25, -0.2) is 4.68 Å². The lowest BCUT2D eigenvalue weighted by Crippen LogP contribution is -2.34. The van der Waals surface area contributed by atoms with Crippen molar-refractivity contribution >= 4 is 17.5 Å². The number of amides is 1. The third-order valence-electron chi connectivity index (χ3n) is 4.97. The first-order valence-electron chi connectivity index (χ1n) is 10.3. The summed E-state index contributed by atoms with van der Waals surface area (Å²) in [4.78, 5) is 24.4. The SMILES string of the molecule is COc1ccc(OC)c(-c2ccc(=O)n(CCNC(=O)COc3cc(C)c(Cl)c(C)c3)n2)c1. The number of nitrogens with one attached hydrogen (secondary N) is 1. The van der Waals surface area contributed by atoms with Crippen molar-refractivity contribution in [2.45, 2.75) is 20.4 Å². The molecule has 0 aliphatic heterocycles. The van der Waals surface area contributed by atoms with E-state index in [-0.39, 0.29) is 31.2 Å². The predicted octanol–water partition coefficient (Wildman–Crippen LogP) is 3.39. The highest BCUT2D eigenvalue weighted by Gasteiger charge is 2.12. The summed E-state index contributed by atoms with van der Waals surface area (Å²) in [5.41, 5.74) is 2.72. The topological polar surface area (TPSA) is 91.7 Å². The molecule has 0 bridgehead atoms. The summed E-state index contributed by atoms with van der Waals surface area (Å²) in [6.45, 7) is 4.02. The highest BCUT2D eigenvalue weighted by atomic mass is 35.5. The number of benzene rings is 2. The van der Waals surface area contributed by atoms with Crippen LogP contribution in [0.25, 0.3) is 11.3 Å². The molecule has 8 nitrogen and oxygen atoms in total. The lowest BCUT2D eigenvalue weighted by molar-refractivity contribution is -0.123. The van der Waals surface area contributed by atoms with Crippen LogP contribution >= 0.6 is 11.6 Å². The van der Waals surface area contributed by atoms with E-state index < -0.39 is 0 Å². The molecule has 1 aromatic heterocycles. The van der Waals surface area contributed by atoms with Crippen molar-refractivity contribution in [2.24, 2.45) is 0 Å². The average Bonchev–Trinajstić information content (AvgIpc) is 2.81. The number of carbonyl (C=O) groups is 1. The number of hydrogen-bond donors (Lipinski definition) is 1. The first kappa shape index (κ1) is 24.1. The van der Waals surface area contributed by atoms with E-state index in [0.29, 0.717) is 33.5 Å². The number of nitrogens with zero attached hydrogens (tertiary/aromatic N) is 2. The van der Waals surface area contributed by atoms with Crippen LogP contribution in [0.2, 0.25) is 5.02 Å². The molecular weight excluding hydrogens is 446 g/mol. The van der Waals surface area contributed by atoms with Crippen LogP contribution in [0.1, 0.15) is 11.1 Å². The monoisotopic (exact) mass is 471 g/mol. The summed E-state index contributed by atoms with van der Waals surface area (Å²) in [6, 6.07) is 12.0. The van der Waals surface area contributed by atoms with Crippen molar-refractivity contribution in [3.05, 3.63) is 69.0 Å². The number of rotatable bonds is 9. The second kappa shape index (κ2) is 10.9. The minimum atomic E-state index is -0.307. The summed E-state index contributed by atoms with van der Waals surface area (Å²) in [7, 11) is 3.13. The average molecular weight is 472 g/mol. The van der Waals surface area contributed by atoms with Gasteiger partial charge in [0.2, 0.25) is 0 Å². The smallest absolute Gasteiger partial charge is 0.266 e. The van der Waals surface area contributed by atoms with Gasteiger partial charge in [0, 0.05) is 23.2 Å². The number of aromatic nitrogens is 2. The Morgan fingerprint density at radius 1 is 1.03 bits per heavy atom. The minimum absolute atomic E-state index is 0.149. The minimum Gasteiger partial charge on any atom is -0.497 e. The lowest BCUT2D eigenvalue weighted by Gasteiger charge is -2.12. The Morgan fingerprint density at radius 3 is 2.42 bits per heavy atom. The quantitative estimate of drug-likeness (QED) is 0.514. The van der Waals surface area contributed by atoms with Crippen LogP contribution < -0.4 is 25.1 Å². The van der Waals surface area contributed by atoms with Gasteiger partial charge in [-0.3, -0.25) is 9.59 Å². The third kappa shape index (κ3) is 6.04. The molecule has 33 heavy (non-hydrogen) atoms. The predicted molar refractivity (Wildman–Crippen MR) is 126 cm³/mol. The van der Waals surface area contributed by atoms with Gasteiger partial charge in [0.05, 0.1) is 26.5 Å². The van der Waals surface area contributed by atoms with Gasteiger partial charge in [0.1, 0.15) is 17.2 Å². The van der Waals surface area contributed by atoms with Crippen LogP contribution in [0, 0.1) is 13.8 Å². The molecule has 0 saturated heterocycles. The maximum Gasteiger partial charge on any atom is 0.266 e. The Balaban J connectivity index is 1.62. The van der Waals surface area contributed by atoms with Crippen molar-refractivity contribution in [3.63, 3.8) is 0 Å². The normalized spacial score (nSPS) is 10.6. The number of methoxy groups -OCH3 is 2. The Kier molecular flexibility index (Phi) is 7.95. The van der Waals surface area contributed by atoms with E-state index >= 15 is 0 Å². The fourth-order valence-corrected chi connectivity index (χ4v) is 3.37. The van der Waals surface area contributed by atoms with Crippen LogP contribution in [0.15, 0.2) is 47.3 Å². The maximum absolute atomic E-state index is 12.3. The van der Waals surface area contributed by atoms with E-state index in [1.54, 1.807) is 50.6 Å². The molecule has 9 heteroatoms. The van der Waals surface area contributed by atoms with E-state index in [1.807, 2.05) is 13.8 Å². The molecule has 3 aromatic rings. The van der Waals surface area contributed by atoms with Crippen molar-refractivity contribution in [1.82, 2.24) is 15.1 Å². The third-order valence-corrected chi connectivity index (χ3v) is 5.57. The molecule has 174 valence electrons. The summed E-state index contributed by atoms with van der Waals surface area (Å²) >= 11 is 6.15. The Hall–Kier alpha value is -3.52. The van der Waals surface area contributed by atoms with E-state index in [2.05, 4.69) is 10.4 Å². The van der Waals surface area contributed by atoms with Crippen LogP contribution in [0.4, 0.5) is 0 Å². The largest absolute Gasteiger partial charge is 0.497 e. The molecule has 0 unspecified atom stereocenters. The molecule has 1 N–H and O–H groups in total. The lowest BCUT2D eigenvalue weighted by atomic mass is 10.1. The molecule has 1 heterocycles. The van der Waals surface area contributed by atoms with Crippen LogP contribution in [0.5, 0.6) is 17.2 Å². The van der Waals surface area contributed by atoms with Crippen LogP contribution in [-0.4, -0.2) is 43.1 Å². The zero-order valence-electron chi connectivity index (χ0n) is 19.0. The zero-order chi connectivity index (χ0) is 24.0. The van der Waals surface area contributed by atoms with Gasteiger partial charge in [0.15, 0.2) is 6.61 Å². The highest BCUT2D eigenvalue weighted by molar-refractivity contribution is 6.32. The second-order valence-electron chi connectivity index (χ2n) is 7.36. The summed E-state index contributed by atoms with van der Waals surface area (Å²) in [5, 5.41) is 7.83. The van der Waals surface area contributed by atoms with E-state index in [0.717, 1.165) is 11.1 Å². The first-order valence-corrected chi connectivity index (χ1v) is 10.7. The molecular formula is C24H26ClN3O5. The Morgan fingerprint density at radius 2 is 1.76 bits per heavy atom. The molecule has 0 atom stereocenters. The number of hydrogen-bond acceptors (Lipinski definition) is 6. The van der Waals surface area contributed by atoms with Crippen molar-refractivity contribution < 1.29 is 19.0 Å². The second-order valence-corrected chi connectivity index (χ2v) is 7.73. The zero-order valence-corrected chi connectivity index (χ0v) is 19.7. The Bertz CT molecular complexity index is 1190. The number of carbonyl (C=O) groups excluding carboxylic acids is 1. The van der Waals surface area contributed by atoms with E-state index in [9.17, 15) is 9.59 Å². The molecule has 1 amide bonds. The molecule has 2 aromatic carbocycles. The van der Waals surface area contributed by atoms with E-state index in [4.69, 9.17) is 25.8 Å². The van der Waals surface area contributed by atoms with Gasteiger partial charge >= 0.3 is 0 Å². The Labute approximate surface area is 197 Å². The number of aryl methyl sites for hydroxylation is 2.